The predicted molar refractivity (Wildman–Crippen MR) is 99.3 cm³/mol. The molecule has 146 valence electrons. The SMILES string of the molecule is COc1cc(OC)cc(N2CCC(N3C[C@@H]4CCC[C@@]4(C(=O)O)C3)C2=O)c1. The van der Waals surface area contributed by atoms with E-state index >= 15 is 0 Å². The van der Waals surface area contributed by atoms with Crippen LogP contribution in [0.4, 0.5) is 5.69 Å². The van der Waals surface area contributed by atoms with Crippen LogP contribution in [0.5, 0.6) is 11.5 Å². The first-order chi connectivity index (χ1) is 13.0. The van der Waals surface area contributed by atoms with Crippen molar-refractivity contribution in [2.24, 2.45) is 11.3 Å². The van der Waals surface area contributed by atoms with Crippen LogP contribution < -0.4 is 14.4 Å². The highest BCUT2D eigenvalue weighted by atomic mass is 16.5. The summed E-state index contributed by atoms with van der Waals surface area (Å²) in [6, 6.07) is 5.20. The number of methoxy groups -OCH3 is 2. The first-order valence-electron chi connectivity index (χ1n) is 9.50. The van der Waals surface area contributed by atoms with Gasteiger partial charge in [-0.2, -0.15) is 0 Å². The molecule has 3 atom stereocenters. The highest BCUT2D eigenvalue weighted by Gasteiger charge is 2.57. The number of amides is 1. The van der Waals surface area contributed by atoms with E-state index in [0.717, 1.165) is 24.9 Å². The van der Waals surface area contributed by atoms with Crippen molar-refractivity contribution in [1.29, 1.82) is 0 Å². The third-order valence-corrected chi connectivity index (χ3v) is 6.59. The highest BCUT2D eigenvalue weighted by Crippen LogP contribution is 2.50. The van der Waals surface area contributed by atoms with Gasteiger partial charge in [0.05, 0.1) is 31.4 Å². The average Bonchev–Trinajstić information content (AvgIpc) is 3.33. The number of fused-ring (bicyclic) bond motifs is 1. The van der Waals surface area contributed by atoms with Crippen molar-refractivity contribution in [1.82, 2.24) is 4.90 Å². The molecule has 3 aliphatic rings. The Morgan fingerprint density at radius 1 is 1.19 bits per heavy atom. The normalized spacial score (nSPS) is 30.6. The molecule has 7 nitrogen and oxygen atoms in total. The number of hydrogen-bond acceptors (Lipinski definition) is 5. The monoisotopic (exact) mass is 374 g/mol. The van der Waals surface area contributed by atoms with Gasteiger partial charge in [0.2, 0.25) is 5.91 Å². The van der Waals surface area contributed by atoms with Crippen molar-refractivity contribution in [3.8, 4) is 11.5 Å². The minimum Gasteiger partial charge on any atom is -0.497 e. The predicted octanol–water partition coefficient (Wildman–Crippen LogP) is 2.00. The van der Waals surface area contributed by atoms with Gasteiger partial charge in [-0.05, 0) is 25.2 Å². The summed E-state index contributed by atoms with van der Waals surface area (Å²) in [6.07, 6.45) is 3.35. The van der Waals surface area contributed by atoms with E-state index in [9.17, 15) is 14.7 Å². The van der Waals surface area contributed by atoms with Crippen molar-refractivity contribution in [3.05, 3.63) is 18.2 Å². The number of carboxylic acid groups (broad SMARTS) is 1. The molecule has 7 heteroatoms. The van der Waals surface area contributed by atoms with Crippen LogP contribution in [0.1, 0.15) is 25.7 Å². The van der Waals surface area contributed by atoms with Gasteiger partial charge in [0, 0.05) is 37.8 Å². The van der Waals surface area contributed by atoms with Crippen LogP contribution in [-0.2, 0) is 9.59 Å². The van der Waals surface area contributed by atoms with E-state index in [0.29, 0.717) is 37.6 Å². The molecule has 1 saturated carbocycles. The summed E-state index contributed by atoms with van der Waals surface area (Å²) in [6.45, 7) is 1.80. The van der Waals surface area contributed by atoms with Gasteiger partial charge in [0.25, 0.3) is 0 Å². The molecule has 4 rings (SSSR count). The van der Waals surface area contributed by atoms with Gasteiger partial charge in [-0.25, -0.2) is 0 Å². The summed E-state index contributed by atoms with van der Waals surface area (Å²) in [5, 5.41) is 9.80. The van der Waals surface area contributed by atoms with Crippen LogP contribution >= 0.6 is 0 Å². The number of anilines is 1. The Kier molecular flexibility index (Phi) is 4.50. The van der Waals surface area contributed by atoms with Crippen LogP contribution in [0.3, 0.4) is 0 Å². The number of carbonyl (C=O) groups is 2. The van der Waals surface area contributed by atoms with Crippen LogP contribution in [0.15, 0.2) is 18.2 Å². The maximum Gasteiger partial charge on any atom is 0.311 e. The molecule has 0 bridgehead atoms. The molecule has 2 aliphatic heterocycles. The molecule has 1 amide bonds. The lowest BCUT2D eigenvalue weighted by molar-refractivity contribution is -0.149. The number of carboxylic acids is 1. The molecule has 0 spiro atoms. The minimum absolute atomic E-state index is 0.0332. The molecule has 3 fully saturated rings. The topological polar surface area (TPSA) is 79.3 Å². The number of carbonyl (C=O) groups excluding carboxylic acids is 1. The number of aliphatic carboxylic acids is 1. The maximum absolute atomic E-state index is 13.1. The van der Waals surface area contributed by atoms with E-state index in [2.05, 4.69) is 4.90 Å². The quantitative estimate of drug-likeness (QED) is 0.849. The van der Waals surface area contributed by atoms with Crippen LogP contribution in [0.2, 0.25) is 0 Å². The van der Waals surface area contributed by atoms with Crippen molar-refractivity contribution in [3.63, 3.8) is 0 Å². The highest BCUT2D eigenvalue weighted by molar-refractivity contribution is 5.99. The van der Waals surface area contributed by atoms with E-state index in [1.807, 2.05) is 12.1 Å². The van der Waals surface area contributed by atoms with E-state index in [1.54, 1.807) is 25.2 Å². The Bertz CT molecular complexity index is 744. The van der Waals surface area contributed by atoms with Crippen molar-refractivity contribution >= 4 is 17.6 Å². The van der Waals surface area contributed by atoms with Crippen LogP contribution in [0, 0.1) is 11.3 Å². The standard InChI is InChI=1S/C20H26N2O5/c1-26-15-8-14(9-16(10-15)27-2)22-7-5-17(18(22)23)21-11-13-4-3-6-20(13,12-21)19(24)25/h8-10,13,17H,3-7,11-12H2,1-2H3,(H,24,25)/t13-,17?,20+/m0/s1. The molecule has 2 saturated heterocycles. The molecule has 2 heterocycles. The van der Waals surface area contributed by atoms with E-state index in [-0.39, 0.29) is 17.9 Å². The first-order valence-corrected chi connectivity index (χ1v) is 9.50. The van der Waals surface area contributed by atoms with Gasteiger partial charge in [0.1, 0.15) is 11.5 Å². The molecule has 27 heavy (non-hydrogen) atoms. The number of benzene rings is 1. The molecule has 0 radical (unpaired) electrons. The summed E-state index contributed by atoms with van der Waals surface area (Å²) in [4.78, 5) is 28.9. The zero-order valence-corrected chi connectivity index (χ0v) is 15.8. The molecular formula is C20H26N2O5. The Labute approximate surface area is 158 Å². The minimum atomic E-state index is -0.702. The summed E-state index contributed by atoms with van der Waals surface area (Å²) >= 11 is 0. The lowest BCUT2D eigenvalue weighted by Gasteiger charge is -2.26. The van der Waals surface area contributed by atoms with Gasteiger partial charge in [0.15, 0.2) is 0 Å². The number of rotatable bonds is 5. The fourth-order valence-electron chi connectivity index (χ4n) is 5.12. The number of nitrogens with zero attached hydrogens (tertiary/aromatic N) is 2. The second-order valence-corrected chi connectivity index (χ2v) is 7.85. The van der Waals surface area contributed by atoms with Crippen molar-refractivity contribution in [2.45, 2.75) is 31.7 Å². The lowest BCUT2D eigenvalue weighted by Crippen LogP contribution is -2.43. The Hall–Kier alpha value is -2.28. The first kappa shape index (κ1) is 18.1. The largest absolute Gasteiger partial charge is 0.497 e. The van der Waals surface area contributed by atoms with Crippen LogP contribution in [-0.4, -0.2) is 61.8 Å². The molecule has 1 aromatic rings. The molecular weight excluding hydrogens is 348 g/mol. The van der Waals surface area contributed by atoms with E-state index in [4.69, 9.17) is 9.47 Å². The summed E-state index contributed by atoms with van der Waals surface area (Å²) < 4.78 is 10.6. The second kappa shape index (κ2) is 6.71. The summed E-state index contributed by atoms with van der Waals surface area (Å²) in [5.41, 5.74) is 0.0958. The fourth-order valence-corrected chi connectivity index (χ4v) is 5.12. The third-order valence-electron chi connectivity index (χ3n) is 6.59. The Morgan fingerprint density at radius 3 is 2.48 bits per heavy atom. The number of likely N-dealkylation sites (tertiary alicyclic amines) is 1. The molecule has 1 N–H and O–H groups in total. The number of ether oxygens (including phenoxy) is 2. The summed E-state index contributed by atoms with van der Waals surface area (Å²) in [7, 11) is 3.17. The third kappa shape index (κ3) is 2.84. The fraction of sp³-hybridized carbons (Fsp3) is 0.600. The molecule has 0 aromatic heterocycles. The molecule has 1 unspecified atom stereocenters. The average molecular weight is 374 g/mol. The van der Waals surface area contributed by atoms with Crippen molar-refractivity contribution < 1.29 is 24.2 Å². The number of hydrogen-bond donors (Lipinski definition) is 1. The van der Waals surface area contributed by atoms with Gasteiger partial charge in [-0.15, -0.1) is 0 Å². The van der Waals surface area contributed by atoms with E-state index < -0.39 is 11.4 Å². The van der Waals surface area contributed by atoms with Gasteiger partial charge in [-0.1, -0.05) is 6.42 Å². The van der Waals surface area contributed by atoms with Gasteiger partial charge < -0.3 is 19.5 Å². The molecule has 1 aliphatic carbocycles. The summed E-state index contributed by atoms with van der Waals surface area (Å²) in [5.74, 6) is 0.772. The van der Waals surface area contributed by atoms with Crippen molar-refractivity contribution in [2.75, 3.05) is 38.8 Å². The van der Waals surface area contributed by atoms with Gasteiger partial charge >= 0.3 is 5.97 Å². The van der Waals surface area contributed by atoms with E-state index in [1.165, 1.54) is 0 Å². The Balaban J connectivity index is 1.54. The Morgan fingerprint density at radius 2 is 1.89 bits per heavy atom. The smallest absolute Gasteiger partial charge is 0.311 e. The lowest BCUT2D eigenvalue weighted by atomic mass is 9.81. The van der Waals surface area contributed by atoms with Crippen LogP contribution in [0.25, 0.3) is 0 Å². The zero-order chi connectivity index (χ0) is 19.2. The van der Waals surface area contributed by atoms with Gasteiger partial charge in [-0.3, -0.25) is 14.5 Å². The molecule has 1 aromatic carbocycles. The second-order valence-electron chi connectivity index (χ2n) is 7.85. The zero-order valence-electron chi connectivity index (χ0n) is 15.8. The maximum atomic E-state index is 13.1.